The van der Waals surface area contributed by atoms with Gasteiger partial charge in [-0.25, -0.2) is 4.99 Å². The van der Waals surface area contributed by atoms with Gasteiger partial charge in [0, 0.05) is 18.6 Å². The largest absolute Gasteiger partial charge is 0.459 e. The van der Waals surface area contributed by atoms with Crippen LogP contribution in [0.25, 0.3) is 0 Å². The second-order valence-corrected chi connectivity index (χ2v) is 8.36. The van der Waals surface area contributed by atoms with E-state index in [9.17, 15) is 35.1 Å². The molecule has 0 saturated carbocycles. The third-order valence-electron chi connectivity index (χ3n) is 5.25. The van der Waals surface area contributed by atoms with Crippen molar-refractivity contribution in [1.29, 1.82) is 0 Å². The molecule has 0 bridgehead atoms. The van der Waals surface area contributed by atoms with Crippen molar-refractivity contribution >= 4 is 23.1 Å². The number of hydrogen-bond acceptors (Lipinski definition) is 3. The van der Waals surface area contributed by atoms with E-state index in [-0.39, 0.29) is 10.4 Å². The Kier molecular flexibility index (Phi) is 8.18. The molecule has 0 aliphatic heterocycles. The Morgan fingerprint density at radius 2 is 1.68 bits per heavy atom. The van der Waals surface area contributed by atoms with Gasteiger partial charge in [-0.15, -0.1) is 0 Å². The minimum absolute atomic E-state index is 0.0124. The first-order valence-electron chi connectivity index (χ1n) is 10.6. The molecule has 2 aromatic carbocycles. The number of aryl methyl sites for hydroxylation is 1. The molecule has 0 atom stereocenters. The highest BCUT2D eigenvalue weighted by Gasteiger charge is 2.64. The molecule has 0 saturated heterocycles. The summed E-state index contributed by atoms with van der Waals surface area (Å²) in [6.45, 7) is 1.06. The number of nitrogens with one attached hydrogen (secondary N) is 1. The van der Waals surface area contributed by atoms with E-state index in [0.29, 0.717) is 30.1 Å². The number of halogens is 9. The SMILES string of the molecule is Cn1nc(C(F)(F)C(F)(F)F)c(C(F)(F)F)c1C(N)=Nc1ccc(Cl)c(CCNCc2ccccc2)c1. The first kappa shape index (κ1) is 28.4. The van der Waals surface area contributed by atoms with Gasteiger partial charge < -0.3 is 11.1 Å². The van der Waals surface area contributed by atoms with Crippen LogP contribution >= 0.6 is 11.6 Å². The molecule has 5 nitrogen and oxygen atoms in total. The summed E-state index contributed by atoms with van der Waals surface area (Å²) < 4.78 is 107. The zero-order valence-corrected chi connectivity index (χ0v) is 19.8. The number of rotatable bonds is 8. The van der Waals surface area contributed by atoms with Crippen LogP contribution in [0.3, 0.4) is 0 Å². The molecule has 14 heteroatoms. The Morgan fingerprint density at radius 1 is 1.03 bits per heavy atom. The summed E-state index contributed by atoms with van der Waals surface area (Å²) in [7, 11) is 0.759. The van der Waals surface area contributed by atoms with E-state index in [0.717, 1.165) is 12.6 Å². The van der Waals surface area contributed by atoms with Gasteiger partial charge in [-0.05, 0) is 42.3 Å². The second kappa shape index (κ2) is 10.7. The van der Waals surface area contributed by atoms with Crippen LogP contribution in [0.4, 0.5) is 40.8 Å². The molecule has 1 heterocycles. The van der Waals surface area contributed by atoms with E-state index in [1.165, 1.54) is 18.2 Å². The maximum absolute atomic E-state index is 13.9. The molecule has 0 radical (unpaired) electrons. The van der Waals surface area contributed by atoms with Gasteiger partial charge >= 0.3 is 18.3 Å². The number of benzene rings is 2. The average Bonchev–Trinajstić information content (AvgIpc) is 3.17. The molecule has 1 aromatic heterocycles. The maximum Gasteiger partial charge on any atom is 0.459 e. The predicted molar refractivity (Wildman–Crippen MR) is 122 cm³/mol. The topological polar surface area (TPSA) is 68.2 Å². The molecule has 3 aromatic rings. The smallest absolute Gasteiger partial charge is 0.382 e. The fourth-order valence-electron chi connectivity index (χ4n) is 3.51. The van der Waals surface area contributed by atoms with E-state index in [2.05, 4.69) is 15.4 Å². The van der Waals surface area contributed by atoms with E-state index in [4.69, 9.17) is 17.3 Å². The lowest BCUT2D eigenvalue weighted by molar-refractivity contribution is -0.292. The lowest BCUT2D eigenvalue weighted by atomic mass is 10.1. The van der Waals surface area contributed by atoms with Gasteiger partial charge in [0.2, 0.25) is 0 Å². The first-order valence-corrected chi connectivity index (χ1v) is 11.0. The number of amidine groups is 1. The second-order valence-electron chi connectivity index (χ2n) is 7.95. The van der Waals surface area contributed by atoms with Crippen molar-refractivity contribution in [2.45, 2.75) is 31.2 Å². The lowest BCUT2D eigenvalue weighted by Crippen LogP contribution is -2.36. The van der Waals surface area contributed by atoms with Crippen molar-refractivity contribution in [3.05, 3.63) is 81.6 Å². The van der Waals surface area contributed by atoms with Gasteiger partial charge in [-0.3, -0.25) is 4.68 Å². The molecule has 200 valence electrons. The van der Waals surface area contributed by atoms with E-state index < -0.39 is 41.1 Å². The van der Waals surface area contributed by atoms with Gasteiger partial charge in [-0.1, -0.05) is 41.9 Å². The van der Waals surface area contributed by atoms with E-state index in [1.807, 2.05) is 30.3 Å². The van der Waals surface area contributed by atoms with Gasteiger partial charge in [-0.2, -0.15) is 40.2 Å². The van der Waals surface area contributed by atoms with Crippen molar-refractivity contribution in [1.82, 2.24) is 15.1 Å². The fraction of sp³-hybridized carbons (Fsp3) is 0.304. The van der Waals surface area contributed by atoms with Crippen molar-refractivity contribution in [3.8, 4) is 0 Å². The van der Waals surface area contributed by atoms with Crippen LogP contribution in [0.1, 0.15) is 28.1 Å². The number of nitrogens with two attached hydrogens (primary N) is 1. The first-order chi connectivity index (χ1) is 17.1. The monoisotopic (exact) mass is 553 g/mol. The Bertz CT molecular complexity index is 1270. The number of aliphatic imine (C=N–C) groups is 1. The summed E-state index contributed by atoms with van der Waals surface area (Å²) in [5.74, 6) is -6.84. The van der Waals surface area contributed by atoms with Crippen LogP contribution in [0, 0.1) is 0 Å². The zero-order valence-electron chi connectivity index (χ0n) is 19.1. The molecule has 0 unspecified atom stereocenters. The van der Waals surface area contributed by atoms with E-state index >= 15 is 0 Å². The quantitative estimate of drug-likeness (QED) is 0.153. The molecule has 0 aliphatic carbocycles. The Hall–Kier alpha value is -3.19. The summed E-state index contributed by atoms with van der Waals surface area (Å²) in [4.78, 5) is 3.83. The Labute approximate surface area is 210 Å². The number of nitrogens with zero attached hydrogens (tertiary/aromatic N) is 3. The summed E-state index contributed by atoms with van der Waals surface area (Å²) in [6, 6.07) is 13.7. The predicted octanol–water partition coefficient (Wildman–Crippen LogP) is 6.12. The molecule has 0 spiro atoms. The lowest BCUT2D eigenvalue weighted by Gasteiger charge is -2.19. The third-order valence-corrected chi connectivity index (χ3v) is 5.62. The third kappa shape index (κ3) is 6.39. The van der Waals surface area contributed by atoms with Crippen LogP contribution < -0.4 is 11.1 Å². The molecule has 37 heavy (non-hydrogen) atoms. The zero-order chi connectivity index (χ0) is 27.6. The minimum atomic E-state index is -6.32. The maximum atomic E-state index is 13.9. The fourth-order valence-corrected chi connectivity index (χ4v) is 3.72. The van der Waals surface area contributed by atoms with Crippen molar-refractivity contribution in [3.63, 3.8) is 0 Å². The number of alkyl halides is 8. The van der Waals surface area contributed by atoms with Crippen molar-refractivity contribution < 1.29 is 35.1 Å². The molecular formula is C23H20ClF8N5. The molecular weight excluding hydrogens is 534 g/mol. The molecule has 0 aliphatic rings. The van der Waals surface area contributed by atoms with Gasteiger partial charge in [0.25, 0.3) is 0 Å². The summed E-state index contributed by atoms with van der Waals surface area (Å²) >= 11 is 6.19. The van der Waals surface area contributed by atoms with Crippen molar-refractivity contribution in [2.75, 3.05) is 6.54 Å². The van der Waals surface area contributed by atoms with Gasteiger partial charge in [0.1, 0.15) is 17.1 Å². The molecule has 0 amide bonds. The highest BCUT2D eigenvalue weighted by molar-refractivity contribution is 6.31. The Morgan fingerprint density at radius 3 is 2.27 bits per heavy atom. The normalized spacial score (nSPS) is 13.3. The highest BCUT2D eigenvalue weighted by atomic mass is 35.5. The number of hydrogen-bond donors (Lipinski definition) is 2. The van der Waals surface area contributed by atoms with Crippen LogP contribution in [0.2, 0.25) is 5.02 Å². The summed E-state index contributed by atoms with van der Waals surface area (Å²) in [5.41, 5.74) is 1.24. The van der Waals surface area contributed by atoms with Crippen LogP contribution in [0.15, 0.2) is 53.5 Å². The Balaban J connectivity index is 1.90. The van der Waals surface area contributed by atoms with Crippen LogP contribution in [-0.2, 0) is 32.1 Å². The van der Waals surface area contributed by atoms with Gasteiger partial charge in [0.15, 0.2) is 5.69 Å². The van der Waals surface area contributed by atoms with Crippen LogP contribution in [0.5, 0.6) is 0 Å². The summed E-state index contributed by atoms with van der Waals surface area (Å²) in [5, 5.41) is 6.36. The van der Waals surface area contributed by atoms with E-state index in [1.54, 1.807) is 0 Å². The summed E-state index contributed by atoms with van der Waals surface area (Å²) in [6.07, 6.45) is -11.6. The standard InChI is InChI=1S/C23H20ClF8N5/c1-37-18(17(22(27,28)29)19(36-37)21(25,26)23(30,31)32)20(33)35-15-7-8-16(24)14(11-15)9-10-34-12-13-5-3-2-4-6-13/h2-8,11,34H,9-10,12H2,1H3,(H2,33,35). The van der Waals surface area contributed by atoms with Gasteiger partial charge in [0.05, 0.1) is 5.69 Å². The average molecular weight is 554 g/mol. The van der Waals surface area contributed by atoms with Crippen LogP contribution in [-0.4, -0.2) is 28.3 Å². The molecule has 3 rings (SSSR count). The number of aromatic nitrogens is 2. The molecule has 3 N–H and O–H groups in total. The minimum Gasteiger partial charge on any atom is -0.382 e. The van der Waals surface area contributed by atoms with Crippen molar-refractivity contribution in [2.24, 2.45) is 17.8 Å². The molecule has 0 fully saturated rings. The highest BCUT2D eigenvalue weighted by Crippen LogP contribution is 2.48.